The van der Waals surface area contributed by atoms with Gasteiger partial charge in [0.05, 0.1) is 6.26 Å². The van der Waals surface area contributed by atoms with Crippen molar-refractivity contribution in [2.75, 3.05) is 0 Å². The number of rotatable bonds is 3. The highest BCUT2D eigenvalue weighted by Gasteiger charge is 2.08. The minimum atomic E-state index is 0.812. The Bertz CT molecular complexity index is 650. The van der Waals surface area contributed by atoms with Gasteiger partial charge >= 0.3 is 0 Å². The van der Waals surface area contributed by atoms with Gasteiger partial charge in [-0.25, -0.2) is 0 Å². The maximum absolute atomic E-state index is 5.21. The molecule has 0 aliphatic rings. The second-order valence-electron chi connectivity index (χ2n) is 3.45. The van der Waals surface area contributed by atoms with Crippen molar-refractivity contribution in [1.82, 2.24) is 19.8 Å². The van der Waals surface area contributed by atoms with Crippen LogP contribution in [0.3, 0.4) is 0 Å². The number of hydrogen-bond donors (Lipinski definition) is 0. The molecule has 0 aromatic carbocycles. The molecule has 0 radical (unpaired) electrons. The second-order valence-corrected chi connectivity index (χ2v) is 4.44. The standard InChI is InChI=1S/C11H10N4OS/c1-2-9-12-13-11-15(9)14-10(17-11)6-5-8-4-3-7-16-8/h3-7H,2H2,1H3/b6-5+. The summed E-state index contributed by atoms with van der Waals surface area (Å²) in [5, 5.41) is 13.4. The van der Waals surface area contributed by atoms with E-state index in [1.165, 1.54) is 11.3 Å². The van der Waals surface area contributed by atoms with Crippen LogP contribution >= 0.6 is 11.3 Å². The Balaban J connectivity index is 1.93. The van der Waals surface area contributed by atoms with Gasteiger partial charge in [0.25, 0.3) is 0 Å². The third kappa shape index (κ3) is 1.87. The van der Waals surface area contributed by atoms with E-state index in [1.807, 2.05) is 31.2 Å². The average Bonchev–Trinajstić information content (AvgIpc) is 3.02. The third-order valence-corrected chi connectivity index (χ3v) is 3.18. The molecule has 0 aliphatic carbocycles. The average molecular weight is 246 g/mol. The van der Waals surface area contributed by atoms with E-state index in [1.54, 1.807) is 10.8 Å². The highest BCUT2D eigenvalue weighted by atomic mass is 32.1. The van der Waals surface area contributed by atoms with Gasteiger partial charge in [-0.3, -0.25) is 0 Å². The number of aromatic nitrogens is 4. The van der Waals surface area contributed by atoms with Crippen LogP contribution in [0.25, 0.3) is 17.1 Å². The van der Waals surface area contributed by atoms with E-state index in [2.05, 4.69) is 15.3 Å². The zero-order chi connectivity index (χ0) is 11.7. The molecule has 0 amide bonds. The van der Waals surface area contributed by atoms with Crippen molar-refractivity contribution in [2.45, 2.75) is 13.3 Å². The predicted octanol–water partition coefficient (Wildman–Crippen LogP) is 2.51. The van der Waals surface area contributed by atoms with E-state index >= 15 is 0 Å². The number of fused-ring (bicyclic) bond motifs is 1. The SMILES string of the molecule is CCc1nnc2sc(/C=C/c3ccco3)nn12. The van der Waals surface area contributed by atoms with Gasteiger partial charge < -0.3 is 4.42 Å². The summed E-state index contributed by atoms with van der Waals surface area (Å²) >= 11 is 1.51. The second kappa shape index (κ2) is 4.14. The Labute approximate surface area is 101 Å². The van der Waals surface area contributed by atoms with Crippen LogP contribution in [-0.4, -0.2) is 19.8 Å². The minimum Gasteiger partial charge on any atom is -0.465 e. The summed E-state index contributed by atoms with van der Waals surface area (Å²) in [7, 11) is 0. The highest BCUT2D eigenvalue weighted by Crippen LogP contribution is 2.16. The summed E-state index contributed by atoms with van der Waals surface area (Å²) in [6.45, 7) is 2.04. The summed E-state index contributed by atoms with van der Waals surface area (Å²) in [5.41, 5.74) is 0. The molecule has 3 rings (SSSR count). The third-order valence-electron chi connectivity index (χ3n) is 2.32. The van der Waals surface area contributed by atoms with Crippen LogP contribution in [0, 0.1) is 0 Å². The van der Waals surface area contributed by atoms with Gasteiger partial charge in [0.15, 0.2) is 5.82 Å². The van der Waals surface area contributed by atoms with Crippen LogP contribution < -0.4 is 0 Å². The molecule has 86 valence electrons. The molecule has 0 saturated heterocycles. The van der Waals surface area contributed by atoms with Crippen LogP contribution in [0.5, 0.6) is 0 Å². The first kappa shape index (κ1) is 10.2. The molecule has 5 nitrogen and oxygen atoms in total. The van der Waals surface area contributed by atoms with Crippen molar-refractivity contribution >= 4 is 28.4 Å². The summed E-state index contributed by atoms with van der Waals surface area (Å²) in [6, 6.07) is 3.75. The van der Waals surface area contributed by atoms with Gasteiger partial charge in [-0.1, -0.05) is 18.3 Å². The van der Waals surface area contributed by atoms with Gasteiger partial charge in [-0.05, 0) is 24.3 Å². The summed E-state index contributed by atoms with van der Waals surface area (Å²) in [5.74, 6) is 1.69. The number of nitrogens with zero attached hydrogens (tertiary/aromatic N) is 4. The normalized spacial score (nSPS) is 11.8. The molecule has 0 aliphatic heterocycles. The van der Waals surface area contributed by atoms with Gasteiger partial charge in [-0.15, -0.1) is 10.2 Å². The van der Waals surface area contributed by atoms with E-state index in [4.69, 9.17) is 4.42 Å². The van der Waals surface area contributed by atoms with E-state index in [-0.39, 0.29) is 0 Å². The Kier molecular flexibility index (Phi) is 2.49. The Morgan fingerprint density at radius 1 is 1.41 bits per heavy atom. The lowest BCUT2D eigenvalue weighted by Crippen LogP contribution is -1.92. The van der Waals surface area contributed by atoms with E-state index in [0.29, 0.717) is 0 Å². The predicted molar refractivity (Wildman–Crippen MR) is 65.7 cm³/mol. The molecule has 0 unspecified atom stereocenters. The molecular weight excluding hydrogens is 236 g/mol. The van der Waals surface area contributed by atoms with Gasteiger partial charge in [0.1, 0.15) is 10.8 Å². The molecular formula is C11H10N4OS. The highest BCUT2D eigenvalue weighted by molar-refractivity contribution is 7.17. The smallest absolute Gasteiger partial charge is 0.234 e. The van der Waals surface area contributed by atoms with Crippen LogP contribution in [-0.2, 0) is 6.42 Å². The Morgan fingerprint density at radius 2 is 2.35 bits per heavy atom. The van der Waals surface area contributed by atoms with Crippen molar-refractivity contribution in [2.24, 2.45) is 0 Å². The molecule has 3 heterocycles. The van der Waals surface area contributed by atoms with E-state index in [0.717, 1.165) is 28.0 Å². The zero-order valence-corrected chi connectivity index (χ0v) is 10.0. The molecule has 3 aromatic rings. The topological polar surface area (TPSA) is 56.2 Å². The Morgan fingerprint density at radius 3 is 3.12 bits per heavy atom. The summed E-state index contributed by atoms with van der Waals surface area (Å²) in [6.07, 6.45) is 6.27. The molecule has 6 heteroatoms. The summed E-state index contributed by atoms with van der Waals surface area (Å²) in [4.78, 5) is 0.820. The molecule has 0 bridgehead atoms. The van der Waals surface area contributed by atoms with Crippen LogP contribution in [0.15, 0.2) is 22.8 Å². The zero-order valence-electron chi connectivity index (χ0n) is 9.20. The first-order valence-corrected chi connectivity index (χ1v) is 6.11. The maximum atomic E-state index is 5.21. The van der Waals surface area contributed by atoms with E-state index < -0.39 is 0 Å². The van der Waals surface area contributed by atoms with Gasteiger partial charge in [0.2, 0.25) is 4.96 Å². The quantitative estimate of drug-likeness (QED) is 0.712. The number of furan rings is 1. The lowest BCUT2D eigenvalue weighted by molar-refractivity contribution is 0.557. The first-order valence-electron chi connectivity index (χ1n) is 5.29. The first-order chi connectivity index (χ1) is 8.36. The van der Waals surface area contributed by atoms with Crippen LogP contribution in [0.4, 0.5) is 0 Å². The van der Waals surface area contributed by atoms with Crippen molar-refractivity contribution in [3.05, 3.63) is 35.0 Å². The molecule has 0 saturated carbocycles. The molecule has 0 spiro atoms. The number of aryl methyl sites for hydroxylation is 1. The maximum Gasteiger partial charge on any atom is 0.234 e. The molecule has 3 aromatic heterocycles. The van der Waals surface area contributed by atoms with Crippen molar-refractivity contribution in [3.8, 4) is 0 Å². The minimum absolute atomic E-state index is 0.812. The summed E-state index contributed by atoms with van der Waals surface area (Å²) < 4.78 is 7.00. The number of hydrogen-bond acceptors (Lipinski definition) is 5. The molecule has 17 heavy (non-hydrogen) atoms. The van der Waals surface area contributed by atoms with Crippen molar-refractivity contribution in [3.63, 3.8) is 0 Å². The van der Waals surface area contributed by atoms with Gasteiger partial charge in [-0.2, -0.15) is 9.61 Å². The fourth-order valence-corrected chi connectivity index (χ4v) is 2.26. The molecule has 0 atom stereocenters. The fraction of sp³-hybridized carbons (Fsp3) is 0.182. The fourth-order valence-electron chi connectivity index (χ4n) is 1.50. The molecule has 0 N–H and O–H groups in total. The molecule has 0 fully saturated rings. The van der Waals surface area contributed by atoms with Gasteiger partial charge in [0, 0.05) is 6.42 Å². The van der Waals surface area contributed by atoms with Crippen molar-refractivity contribution in [1.29, 1.82) is 0 Å². The Hall–Kier alpha value is -1.95. The van der Waals surface area contributed by atoms with E-state index in [9.17, 15) is 0 Å². The lowest BCUT2D eigenvalue weighted by Gasteiger charge is -1.86. The lowest BCUT2D eigenvalue weighted by atomic mass is 10.4. The monoisotopic (exact) mass is 246 g/mol. The van der Waals surface area contributed by atoms with Crippen molar-refractivity contribution < 1.29 is 4.42 Å². The van der Waals surface area contributed by atoms with Crippen LogP contribution in [0.2, 0.25) is 0 Å². The largest absolute Gasteiger partial charge is 0.465 e. The van der Waals surface area contributed by atoms with Crippen LogP contribution in [0.1, 0.15) is 23.5 Å².